The van der Waals surface area contributed by atoms with Crippen molar-refractivity contribution >= 4 is 50.7 Å². The molecule has 0 saturated heterocycles. The molecule has 0 aliphatic rings. The molecule has 0 unspecified atom stereocenters. The number of rotatable bonds is 14. The van der Waals surface area contributed by atoms with Crippen LogP contribution in [0.1, 0.15) is 57.6 Å². The van der Waals surface area contributed by atoms with Crippen LogP contribution >= 0.6 is 23.2 Å². The third-order valence-electron chi connectivity index (χ3n) is 6.12. The van der Waals surface area contributed by atoms with E-state index in [1.165, 1.54) is 9.21 Å². The zero-order valence-corrected chi connectivity index (χ0v) is 24.3. The van der Waals surface area contributed by atoms with Gasteiger partial charge in [0.1, 0.15) is 6.04 Å². The van der Waals surface area contributed by atoms with Crippen LogP contribution in [0.4, 0.5) is 5.69 Å². The van der Waals surface area contributed by atoms with Gasteiger partial charge in [-0.3, -0.25) is 13.9 Å². The van der Waals surface area contributed by atoms with E-state index in [-0.39, 0.29) is 31.3 Å². The topological polar surface area (TPSA) is 86.8 Å². The minimum Gasteiger partial charge on any atom is -0.354 e. The van der Waals surface area contributed by atoms with Gasteiger partial charge in [0.25, 0.3) is 0 Å². The Balaban J connectivity index is 2.16. The van der Waals surface area contributed by atoms with Crippen LogP contribution in [-0.2, 0) is 32.6 Å². The zero-order valence-electron chi connectivity index (χ0n) is 22.0. The molecule has 2 aromatic carbocycles. The Morgan fingerprint density at radius 3 is 2.19 bits per heavy atom. The van der Waals surface area contributed by atoms with Crippen LogP contribution < -0.4 is 9.62 Å². The number of sulfonamides is 1. The Morgan fingerprint density at radius 2 is 1.62 bits per heavy atom. The first kappa shape index (κ1) is 30.9. The molecule has 7 nitrogen and oxygen atoms in total. The van der Waals surface area contributed by atoms with Gasteiger partial charge in [0.05, 0.1) is 22.0 Å². The molecular formula is C27H37Cl2N3O4S. The standard InChI is InChI=1S/C27H37Cl2N3O4S/c1-5-7-16-30-27(34)20(3)31(19-22-12-15-24(28)25(29)18-22)26(33)9-8-17-32(37(4,35)36)23-13-10-21(6-2)11-14-23/h10-15,18,20H,5-9,16-17,19H2,1-4H3,(H,30,34)/t20-/m0/s1. The van der Waals surface area contributed by atoms with Crippen molar-refractivity contribution in [3.8, 4) is 0 Å². The summed E-state index contributed by atoms with van der Waals surface area (Å²) in [6.07, 6.45) is 4.17. The van der Waals surface area contributed by atoms with Gasteiger partial charge < -0.3 is 10.2 Å². The van der Waals surface area contributed by atoms with Crippen LogP contribution in [0.5, 0.6) is 0 Å². The predicted octanol–water partition coefficient (Wildman–Crippen LogP) is 5.44. The highest BCUT2D eigenvalue weighted by atomic mass is 35.5. The van der Waals surface area contributed by atoms with Crippen molar-refractivity contribution in [2.75, 3.05) is 23.7 Å². The van der Waals surface area contributed by atoms with Gasteiger partial charge in [0.2, 0.25) is 21.8 Å². The van der Waals surface area contributed by atoms with Crippen molar-refractivity contribution in [3.05, 3.63) is 63.6 Å². The summed E-state index contributed by atoms with van der Waals surface area (Å²) >= 11 is 12.2. The first-order valence-corrected chi connectivity index (χ1v) is 15.2. The number of carbonyl (C=O) groups is 2. The molecule has 2 rings (SSSR count). The lowest BCUT2D eigenvalue weighted by Crippen LogP contribution is -2.48. The second kappa shape index (κ2) is 14.6. The average molecular weight is 571 g/mol. The number of halogens is 2. The number of hydrogen-bond acceptors (Lipinski definition) is 4. The molecule has 37 heavy (non-hydrogen) atoms. The molecule has 0 aromatic heterocycles. The fourth-order valence-electron chi connectivity index (χ4n) is 3.86. The van der Waals surface area contributed by atoms with E-state index in [4.69, 9.17) is 23.2 Å². The van der Waals surface area contributed by atoms with Crippen LogP contribution in [0.25, 0.3) is 0 Å². The monoisotopic (exact) mass is 569 g/mol. The van der Waals surface area contributed by atoms with Gasteiger partial charge in [0.15, 0.2) is 0 Å². The Morgan fingerprint density at radius 1 is 0.973 bits per heavy atom. The number of carbonyl (C=O) groups excluding carboxylic acids is 2. The average Bonchev–Trinajstić information content (AvgIpc) is 2.86. The minimum absolute atomic E-state index is 0.0764. The Hall–Kier alpha value is -2.29. The number of anilines is 1. The van der Waals surface area contributed by atoms with Gasteiger partial charge in [0, 0.05) is 26.1 Å². The molecular weight excluding hydrogens is 533 g/mol. The molecule has 10 heteroatoms. The SMILES string of the molecule is CCCCNC(=O)[C@H](C)N(Cc1ccc(Cl)c(Cl)c1)C(=O)CCCN(c1ccc(CC)cc1)S(C)(=O)=O. The summed E-state index contributed by atoms with van der Waals surface area (Å²) in [5.74, 6) is -0.491. The first-order valence-electron chi connectivity index (χ1n) is 12.6. The van der Waals surface area contributed by atoms with E-state index < -0.39 is 16.1 Å². The third-order valence-corrected chi connectivity index (χ3v) is 8.05. The maximum absolute atomic E-state index is 13.3. The van der Waals surface area contributed by atoms with Crippen molar-refractivity contribution in [2.24, 2.45) is 0 Å². The lowest BCUT2D eigenvalue weighted by atomic mass is 10.1. The molecule has 0 aliphatic heterocycles. The van der Waals surface area contributed by atoms with Gasteiger partial charge in [-0.2, -0.15) is 0 Å². The second-order valence-electron chi connectivity index (χ2n) is 9.05. The van der Waals surface area contributed by atoms with Gasteiger partial charge >= 0.3 is 0 Å². The summed E-state index contributed by atoms with van der Waals surface area (Å²) in [5.41, 5.74) is 2.41. The number of aryl methyl sites for hydroxylation is 1. The summed E-state index contributed by atoms with van der Waals surface area (Å²) in [7, 11) is -3.54. The van der Waals surface area contributed by atoms with Gasteiger partial charge in [-0.05, 0) is 61.6 Å². The van der Waals surface area contributed by atoms with Crippen molar-refractivity contribution in [2.45, 2.75) is 65.5 Å². The lowest BCUT2D eigenvalue weighted by molar-refractivity contribution is -0.140. The van der Waals surface area contributed by atoms with Crippen molar-refractivity contribution < 1.29 is 18.0 Å². The molecule has 0 aliphatic carbocycles. The summed E-state index contributed by atoms with van der Waals surface area (Å²) in [5, 5.41) is 3.65. The van der Waals surface area contributed by atoms with Gasteiger partial charge in [-0.15, -0.1) is 0 Å². The molecule has 1 atom stereocenters. The number of hydrogen-bond donors (Lipinski definition) is 1. The molecule has 0 bridgehead atoms. The molecule has 0 heterocycles. The smallest absolute Gasteiger partial charge is 0.242 e. The zero-order chi connectivity index (χ0) is 27.6. The highest BCUT2D eigenvalue weighted by Crippen LogP contribution is 2.24. The number of nitrogens with zero attached hydrogens (tertiary/aromatic N) is 2. The largest absolute Gasteiger partial charge is 0.354 e. The predicted molar refractivity (Wildman–Crippen MR) is 152 cm³/mol. The Labute approximate surface area is 231 Å². The minimum atomic E-state index is -3.54. The molecule has 0 saturated carbocycles. The van der Waals surface area contributed by atoms with E-state index in [9.17, 15) is 18.0 Å². The van der Waals surface area contributed by atoms with E-state index in [0.717, 1.165) is 36.6 Å². The maximum atomic E-state index is 13.3. The second-order valence-corrected chi connectivity index (χ2v) is 11.8. The summed E-state index contributed by atoms with van der Waals surface area (Å²) in [6.45, 7) is 6.61. The maximum Gasteiger partial charge on any atom is 0.242 e. The van der Waals surface area contributed by atoms with E-state index in [0.29, 0.717) is 28.7 Å². The van der Waals surface area contributed by atoms with E-state index in [1.54, 1.807) is 37.3 Å². The quantitative estimate of drug-likeness (QED) is 0.307. The highest BCUT2D eigenvalue weighted by Gasteiger charge is 2.26. The van der Waals surface area contributed by atoms with Crippen LogP contribution in [-0.4, -0.2) is 50.5 Å². The third kappa shape index (κ3) is 9.51. The fourth-order valence-corrected chi connectivity index (χ4v) is 5.14. The van der Waals surface area contributed by atoms with Crippen LogP contribution in [0.2, 0.25) is 10.0 Å². The van der Waals surface area contributed by atoms with Crippen molar-refractivity contribution in [3.63, 3.8) is 0 Å². The highest BCUT2D eigenvalue weighted by molar-refractivity contribution is 7.92. The first-order chi connectivity index (χ1) is 17.5. The normalized spacial score (nSPS) is 12.2. The number of nitrogens with one attached hydrogen (secondary N) is 1. The lowest BCUT2D eigenvalue weighted by Gasteiger charge is -2.29. The molecule has 204 valence electrons. The molecule has 1 N–H and O–H groups in total. The van der Waals surface area contributed by atoms with E-state index >= 15 is 0 Å². The van der Waals surface area contributed by atoms with E-state index in [1.807, 2.05) is 26.0 Å². The number of unbranched alkanes of at least 4 members (excludes halogenated alkanes) is 1. The van der Waals surface area contributed by atoms with Crippen LogP contribution in [0, 0.1) is 0 Å². The van der Waals surface area contributed by atoms with Crippen LogP contribution in [0.3, 0.4) is 0 Å². The Bertz CT molecular complexity index is 1160. The number of benzene rings is 2. The summed E-state index contributed by atoms with van der Waals surface area (Å²) in [4.78, 5) is 27.6. The Kier molecular flexibility index (Phi) is 12.2. The molecule has 0 radical (unpaired) electrons. The molecule has 2 amide bonds. The summed E-state index contributed by atoms with van der Waals surface area (Å²) in [6, 6.07) is 11.7. The molecule has 0 spiro atoms. The van der Waals surface area contributed by atoms with E-state index in [2.05, 4.69) is 5.32 Å². The summed E-state index contributed by atoms with van der Waals surface area (Å²) < 4.78 is 26.3. The van der Waals surface area contributed by atoms with Crippen LogP contribution in [0.15, 0.2) is 42.5 Å². The molecule has 0 fully saturated rings. The van der Waals surface area contributed by atoms with Gasteiger partial charge in [-0.25, -0.2) is 8.42 Å². The van der Waals surface area contributed by atoms with Crippen molar-refractivity contribution in [1.82, 2.24) is 10.2 Å². The van der Waals surface area contributed by atoms with Crippen molar-refractivity contribution in [1.29, 1.82) is 0 Å². The number of amides is 2. The molecule has 2 aromatic rings. The van der Waals surface area contributed by atoms with Gasteiger partial charge in [-0.1, -0.05) is 61.7 Å². The fraction of sp³-hybridized carbons (Fsp3) is 0.481.